The van der Waals surface area contributed by atoms with E-state index in [1.165, 1.54) is 18.2 Å². The Morgan fingerprint density at radius 3 is 2.39 bits per heavy atom. The molecule has 1 unspecified atom stereocenters. The Morgan fingerprint density at radius 2 is 1.71 bits per heavy atom. The normalized spacial score (nSPS) is 14.8. The molecule has 2 aromatic rings. The van der Waals surface area contributed by atoms with E-state index in [9.17, 15) is 18.4 Å². The van der Waals surface area contributed by atoms with Crippen molar-refractivity contribution in [2.24, 2.45) is 0 Å². The Balaban J connectivity index is 1.49. The molecule has 166 valence electrons. The molecule has 6 nitrogen and oxygen atoms in total. The van der Waals surface area contributed by atoms with Crippen LogP contribution in [0.3, 0.4) is 0 Å². The largest absolute Gasteiger partial charge is 0.353 e. The van der Waals surface area contributed by atoms with Gasteiger partial charge in [0.25, 0.3) is 0 Å². The maximum absolute atomic E-state index is 14.5. The summed E-state index contributed by atoms with van der Waals surface area (Å²) in [6.07, 6.45) is 2.01. The SMILES string of the molecule is O=C(CNC(=O)NCc1ccc(F)cc1)NCC(c1c(F)cccc1Cl)N1CCCC1. The van der Waals surface area contributed by atoms with E-state index in [4.69, 9.17) is 11.6 Å². The van der Waals surface area contributed by atoms with Gasteiger partial charge in [0.15, 0.2) is 0 Å². The molecule has 1 aliphatic rings. The Labute approximate surface area is 184 Å². The van der Waals surface area contributed by atoms with Crippen molar-refractivity contribution in [3.8, 4) is 0 Å². The molecule has 0 saturated carbocycles. The second-order valence-corrected chi connectivity index (χ2v) is 7.77. The average Bonchev–Trinajstić information content (AvgIpc) is 3.28. The zero-order valence-corrected chi connectivity index (χ0v) is 17.7. The van der Waals surface area contributed by atoms with Crippen molar-refractivity contribution in [2.75, 3.05) is 26.2 Å². The van der Waals surface area contributed by atoms with E-state index >= 15 is 0 Å². The maximum atomic E-state index is 14.5. The van der Waals surface area contributed by atoms with Gasteiger partial charge in [0.2, 0.25) is 5.91 Å². The van der Waals surface area contributed by atoms with E-state index in [1.54, 1.807) is 24.3 Å². The molecular weight excluding hydrogens is 426 g/mol. The first-order valence-corrected chi connectivity index (χ1v) is 10.5. The van der Waals surface area contributed by atoms with Crippen molar-refractivity contribution < 1.29 is 18.4 Å². The second-order valence-electron chi connectivity index (χ2n) is 7.36. The molecule has 0 aromatic heterocycles. The van der Waals surface area contributed by atoms with Crippen molar-refractivity contribution in [1.29, 1.82) is 0 Å². The number of carbonyl (C=O) groups is 2. The minimum absolute atomic E-state index is 0.179. The number of hydrogen-bond acceptors (Lipinski definition) is 3. The highest BCUT2D eigenvalue weighted by atomic mass is 35.5. The number of benzene rings is 2. The van der Waals surface area contributed by atoms with Gasteiger partial charge in [-0.3, -0.25) is 9.69 Å². The van der Waals surface area contributed by atoms with Gasteiger partial charge in [0.05, 0.1) is 12.6 Å². The molecule has 3 N–H and O–H groups in total. The maximum Gasteiger partial charge on any atom is 0.315 e. The van der Waals surface area contributed by atoms with Crippen LogP contribution in [0.25, 0.3) is 0 Å². The van der Waals surface area contributed by atoms with Crippen molar-refractivity contribution >= 4 is 23.5 Å². The molecule has 9 heteroatoms. The van der Waals surface area contributed by atoms with Crippen LogP contribution in [0.1, 0.15) is 30.0 Å². The molecule has 1 fully saturated rings. The van der Waals surface area contributed by atoms with Crippen molar-refractivity contribution in [3.63, 3.8) is 0 Å². The fourth-order valence-corrected chi connectivity index (χ4v) is 3.87. The molecule has 0 bridgehead atoms. The number of likely N-dealkylation sites (tertiary alicyclic amines) is 1. The van der Waals surface area contributed by atoms with Gasteiger partial charge in [0, 0.05) is 23.7 Å². The molecule has 0 spiro atoms. The molecule has 1 saturated heterocycles. The molecule has 0 radical (unpaired) electrons. The first-order chi connectivity index (χ1) is 14.9. The summed E-state index contributed by atoms with van der Waals surface area (Å²) in [6, 6.07) is 9.39. The first kappa shape index (κ1) is 23.0. The van der Waals surface area contributed by atoms with Crippen LogP contribution in [0, 0.1) is 11.6 Å². The molecule has 1 aliphatic heterocycles. The summed E-state index contributed by atoms with van der Waals surface area (Å²) in [5, 5.41) is 8.15. The Kier molecular flexibility index (Phi) is 8.20. The molecule has 3 rings (SSSR count). The van der Waals surface area contributed by atoms with E-state index in [0.717, 1.165) is 31.5 Å². The Bertz CT molecular complexity index is 885. The smallest absolute Gasteiger partial charge is 0.315 e. The molecule has 1 atom stereocenters. The monoisotopic (exact) mass is 450 g/mol. The van der Waals surface area contributed by atoms with Gasteiger partial charge in [0.1, 0.15) is 11.6 Å². The van der Waals surface area contributed by atoms with Crippen LogP contribution in [-0.4, -0.2) is 43.0 Å². The molecular formula is C22H25ClF2N4O2. The fraction of sp³-hybridized carbons (Fsp3) is 0.364. The summed E-state index contributed by atoms with van der Waals surface area (Å²) in [7, 11) is 0. The number of amides is 3. The molecule has 0 aliphatic carbocycles. The number of carbonyl (C=O) groups excluding carboxylic acids is 2. The van der Waals surface area contributed by atoms with E-state index in [2.05, 4.69) is 20.9 Å². The van der Waals surface area contributed by atoms with Crippen LogP contribution in [-0.2, 0) is 11.3 Å². The van der Waals surface area contributed by atoms with Crippen LogP contribution >= 0.6 is 11.6 Å². The van der Waals surface area contributed by atoms with Crippen LogP contribution in [0.5, 0.6) is 0 Å². The summed E-state index contributed by atoms with van der Waals surface area (Å²) >= 11 is 6.25. The predicted octanol–water partition coefficient (Wildman–Crippen LogP) is 3.37. The number of halogens is 3. The van der Waals surface area contributed by atoms with Gasteiger partial charge in [-0.15, -0.1) is 0 Å². The highest BCUT2D eigenvalue weighted by Crippen LogP contribution is 2.31. The molecule has 1 heterocycles. The highest BCUT2D eigenvalue weighted by Gasteiger charge is 2.28. The van der Waals surface area contributed by atoms with Gasteiger partial charge in [-0.25, -0.2) is 13.6 Å². The van der Waals surface area contributed by atoms with Gasteiger partial charge in [-0.05, 0) is 55.8 Å². The van der Waals surface area contributed by atoms with E-state index in [-0.39, 0.29) is 31.5 Å². The van der Waals surface area contributed by atoms with Crippen molar-refractivity contribution in [3.05, 3.63) is 70.2 Å². The number of urea groups is 1. The second kappa shape index (κ2) is 11.1. The number of rotatable bonds is 8. The van der Waals surface area contributed by atoms with Crippen LogP contribution < -0.4 is 16.0 Å². The lowest BCUT2D eigenvalue weighted by molar-refractivity contribution is -0.120. The summed E-state index contributed by atoms with van der Waals surface area (Å²) < 4.78 is 27.4. The lowest BCUT2D eigenvalue weighted by atomic mass is 10.0. The lowest BCUT2D eigenvalue weighted by Crippen LogP contribution is -2.44. The predicted molar refractivity (Wildman–Crippen MR) is 115 cm³/mol. The lowest BCUT2D eigenvalue weighted by Gasteiger charge is -2.29. The van der Waals surface area contributed by atoms with Gasteiger partial charge in [-0.1, -0.05) is 29.8 Å². The third-order valence-electron chi connectivity index (χ3n) is 5.18. The van der Waals surface area contributed by atoms with Gasteiger partial charge in [-0.2, -0.15) is 0 Å². The zero-order chi connectivity index (χ0) is 22.2. The zero-order valence-electron chi connectivity index (χ0n) is 17.0. The van der Waals surface area contributed by atoms with E-state index < -0.39 is 17.8 Å². The molecule has 31 heavy (non-hydrogen) atoms. The van der Waals surface area contributed by atoms with Gasteiger partial charge >= 0.3 is 6.03 Å². The van der Waals surface area contributed by atoms with Crippen LogP contribution in [0.15, 0.2) is 42.5 Å². The standard InChI is InChI=1S/C22H25ClF2N4O2/c23-17-4-3-5-18(25)21(17)19(29-10-1-2-11-29)13-26-20(30)14-28-22(31)27-12-15-6-8-16(24)9-7-15/h3-9,19H,1-2,10-14H2,(H,26,30)(H2,27,28,31). The Hall–Kier alpha value is -2.71. The fourth-order valence-electron chi connectivity index (χ4n) is 3.58. The minimum atomic E-state index is -0.521. The summed E-state index contributed by atoms with van der Waals surface area (Å²) in [5.74, 6) is -1.15. The third-order valence-corrected chi connectivity index (χ3v) is 5.51. The molecule has 3 amide bonds. The highest BCUT2D eigenvalue weighted by molar-refractivity contribution is 6.31. The van der Waals surface area contributed by atoms with E-state index in [0.29, 0.717) is 10.6 Å². The summed E-state index contributed by atoms with van der Waals surface area (Å²) in [5.41, 5.74) is 1.10. The average molecular weight is 451 g/mol. The molecule has 2 aromatic carbocycles. The quantitative estimate of drug-likeness (QED) is 0.577. The first-order valence-electron chi connectivity index (χ1n) is 10.1. The minimum Gasteiger partial charge on any atom is -0.353 e. The number of hydrogen-bond donors (Lipinski definition) is 3. The van der Waals surface area contributed by atoms with E-state index in [1.807, 2.05) is 0 Å². The Morgan fingerprint density at radius 1 is 1.00 bits per heavy atom. The van der Waals surface area contributed by atoms with Crippen LogP contribution in [0.4, 0.5) is 13.6 Å². The van der Waals surface area contributed by atoms with Crippen molar-refractivity contribution in [2.45, 2.75) is 25.4 Å². The van der Waals surface area contributed by atoms with Crippen molar-refractivity contribution in [1.82, 2.24) is 20.9 Å². The van der Waals surface area contributed by atoms with Crippen LogP contribution in [0.2, 0.25) is 5.02 Å². The number of nitrogens with zero attached hydrogens (tertiary/aromatic N) is 1. The third kappa shape index (κ3) is 6.63. The summed E-state index contributed by atoms with van der Waals surface area (Å²) in [6.45, 7) is 1.76. The van der Waals surface area contributed by atoms with Gasteiger partial charge < -0.3 is 16.0 Å². The summed E-state index contributed by atoms with van der Waals surface area (Å²) in [4.78, 5) is 26.2. The number of nitrogens with one attached hydrogen (secondary N) is 3. The topological polar surface area (TPSA) is 73.5 Å².